The number of alkyl halides is 3. The molecule has 10 nitrogen and oxygen atoms in total. The number of nitrogens with one attached hydrogen (secondary N) is 2. The van der Waals surface area contributed by atoms with Crippen LogP contribution < -0.4 is 25.2 Å². The first-order valence-corrected chi connectivity index (χ1v) is 14.2. The van der Waals surface area contributed by atoms with Gasteiger partial charge < -0.3 is 35.0 Å². The van der Waals surface area contributed by atoms with E-state index in [4.69, 9.17) is 4.74 Å². The average molecular weight is 599 g/mol. The number of halogens is 3. The van der Waals surface area contributed by atoms with Crippen LogP contribution in [0.25, 0.3) is 0 Å². The number of anilines is 6. The zero-order valence-corrected chi connectivity index (χ0v) is 24.8. The van der Waals surface area contributed by atoms with Gasteiger partial charge in [-0.2, -0.15) is 18.2 Å². The van der Waals surface area contributed by atoms with E-state index >= 15 is 0 Å². The summed E-state index contributed by atoms with van der Waals surface area (Å²) in [4.78, 5) is 28.3. The molecule has 0 aliphatic carbocycles. The van der Waals surface area contributed by atoms with Crippen LogP contribution in [0.15, 0.2) is 42.6 Å². The Morgan fingerprint density at radius 1 is 0.884 bits per heavy atom. The highest BCUT2D eigenvalue weighted by Crippen LogP contribution is 2.37. The minimum atomic E-state index is -4.66. The molecule has 0 saturated carbocycles. The number of benzene rings is 2. The smallest absolute Gasteiger partial charge is 0.421 e. The molecule has 0 spiro atoms. The zero-order chi connectivity index (χ0) is 30.7. The van der Waals surface area contributed by atoms with Gasteiger partial charge in [0.15, 0.2) is 0 Å². The predicted octanol–water partition coefficient (Wildman–Crippen LogP) is 4.72. The summed E-state index contributed by atoms with van der Waals surface area (Å²) in [5, 5.41) is 5.91. The Morgan fingerprint density at radius 3 is 2.07 bits per heavy atom. The Labute approximate surface area is 249 Å². The van der Waals surface area contributed by atoms with Crippen LogP contribution in [0.4, 0.5) is 47.7 Å². The maximum atomic E-state index is 14.0. The van der Waals surface area contributed by atoms with E-state index in [1.807, 2.05) is 37.3 Å². The molecule has 230 valence electrons. The minimum absolute atomic E-state index is 0.00115. The number of aromatic nitrogens is 2. The van der Waals surface area contributed by atoms with Crippen molar-refractivity contribution >= 4 is 40.4 Å². The zero-order valence-electron chi connectivity index (χ0n) is 24.8. The number of hydrogen-bond acceptors (Lipinski definition) is 9. The van der Waals surface area contributed by atoms with Gasteiger partial charge >= 0.3 is 6.18 Å². The summed E-state index contributed by atoms with van der Waals surface area (Å²) in [6, 6.07) is 11.2. The lowest BCUT2D eigenvalue weighted by Gasteiger charge is -2.36. The Hall–Kier alpha value is -4.26. The molecule has 2 aromatic carbocycles. The standard InChI is InChI=1S/C30H37F3N8O2/c1-20-17-22(41-15-13-39(14-16-41)21(2)42)5-7-25(20)35-28-24(30(31,32)33)19-34-29(37-28)36-26-8-6-23(18-27(26)43-4)40-11-9-38(3)10-12-40/h5-8,17-19H,9-16H2,1-4H3,(H2,34,35,36,37). The van der Waals surface area contributed by atoms with E-state index in [0.29, 0.717) is 43.3 Å². The Bertz CT molecular complexity index is 1450. The first-order chi connectivity index (χ1) is 20.5. The molecule has 2 saturated heterocycles. The lowest BCUT2D eigenvalue weighted by molar-refractivity contribution is -0.137. The first kappa shape index (κ1) is 30.2. The molecule has 0 unspecified atom stereocenters. The minimum Gasteiger partial charge on any atom is -0.494 e. The molecule has 13 heteroatoms. The first-order valence-electron chi connectivity index (χ1n) is 14.2. The van der Waals surface area contributed by atoms with E-state index in [0.717, 1.165) is 49.3 Å². The number of methoxy groups -OCH3 is 1. The van der Waals surface area contributed by atoms with Crippen molar-refractivity contribution in [3.05, 3.63) is 53.7 Å². The number of ether oxygens (including phenoxy) is 1. The van der Waals surface area contributed by atoms with Gasteiger partial charge in [0, 0.05) is 88.6 Å². The van der Waals surface area contributed by atoms with Crippen molar-refractivity contribution in [2.45, 2.75) is 20.0 Å². The molecule has 2 N–H and O–H groups in total. The van der Waals surface area contributed by atoms with Gasteiger partial charge in [-0.05, 0) is 49.9 Å². The molecule has 2 aliphatic rings. The summed E-state index contributed by atoms with van der Waals surface area (Å²) in [5.41, 5.74) is 2.77. The van der Waals surface area contributed by atoms with Crippen LogP contribution in [0.5, 0.6) is 5.75 Å². The van der Waals surface area contributed by atoms with Crippen LogP contribution in [-0.4, -0.2) is 92.2 Å². The van der Waals surface area contributed by atoms with Gasteiger partial charge in [-0.25, -0.2) is 4.98 Å². The van der Waals surface area contributed by atoms with E-state index in [-0.39, 0.29) is 17.7 Å². The van der Waals surface area contributed by atoms with Crippen LogP contribution in [-0.2, 0) is 11.0 Å². The second-order valence-corrected chi connectivity index (χ2v) is 10.9. The van der Waals surface area contributed by atoms with Crippen molar-refractivity contribution in [3.63, 3.8) is 0 Å². The van der Waals surface area contributed by atoms with Crippen molar-refractivity contribution in [1.29, 1.82) is 0 Å². The third-order valence-corrected chi connectivity index (χ3v) is 7.95. The van der Waals surface area contributed by atoms with Crippen LogP contribution >= 0.6 is 0 Å². The topological polar surface area (TPSA) is 89.1 Å². The van der Waals surface area contributed by atoms with Crippen LogP contribution in [0.2, 0.25) is 0 Å². The van der Waals surface area contributed by atoms with Crippen molar-refractivity contribution in [2.75, 3.05) is 86.9 Å². The molecule has 5 rings (SSSR count). The van der Waals surface area contributed by atoms with Gasteiger partial charge in [-0.3, -0.25) is 4.79 Å². The number of hydrogen-bond donors (Lipinski definition) is 2. The Kier molecular flexibility index (Phi) is 8.81. The molecule has 3 aromatic rings. The Morgan fingerprint density at radius 2 is 1.49 bits per heavy atom. The van der Waals surface area contributed by atoms with Gasteiger partial charge in [0.25, 0.3) is 0 Å². The number of carbonyl (C=O) groups excluding carboxylic acids is 1. The molecule has 1 amide bonds. The highest BCUT2D eigenvalue weighted by atomic mass is 19.4. The quantitative estimate of drug-likeness (QED) is 0.401. The molecule has 0 radical (unpaired) electrons. The van der Waals surface area contributed by atoms with E-state index < -0.39 is 11.7 Å². The number of amides is 1. The fourth-order valence-electron chi connectivity index (χ4n) is 5.30. The van der Waals surface area contributed by atoms with Gasteiger partial charge in [0.05, 0.1) is 12.8 Å². The SMILES string of the molecule is COc1cc(N2CCN(C)CC2)ccc1Nc1ncc(C(F)(F)F)c(Nc2ccc(N3CCN(C(C)=O)CC3)cc2C)n1. The monoisotopic (exact) mass is 598 g/mol. The van der Waals surface area contributed by atoms with Crippen LogP contribution in [0, 0.1) is 6.92 Å². The van der Waals surface area contributed by atoms with E-state index in [1.54, 1.807) is 25.0 Å². The van der Waals surface area contributed by atoms with Gasteiger partial charge in [0.2, 0.25) is 11.9 Å². The summed E-state index contributed by atoms with van der Waals surface area (Å²) in [7, 11) is 3.64. The summed E-state index contributed by atoms with van der Waals surface area (Å²) in [6.07, 6.45) is -3.88. The van der Waals surface area contributed by atoms with E-state index in [1.165, 1.54) is 0 Å². The fraction of sp³-hybridized carbons (Fsp3) is 0.433. The fourth-order valence-corrected chi connectivity index (χ4v) is 5.30. The number of rotatable bonds is 7. The molecule has 2 fully saturated rings. The normalized spacial score (nSPS) is 16.3. The van der Waals surface area contributed by atoms with Crippen LogP contribution in [0.3, 0.4) is 0 Å². The maximum Gasteiger partial charge on any atom is 0.421 e. The number of aryl methyl sites for hydroxylation is 1. The molecular weight excluding hydrogens is 561 g/mol. The summed E-state index contributed by atoms with van der Waals surface area (Å²) in [5.74, 6) is 0.225. The highest BCUT2D eigenvalue weighted by Gasteiger charge is 2.35. The molecular formula is C30H37F3N8O2. The molecule has 3 heterocycles. The predicted molar refractivity (Wildman–Crippen MR) is 162 cm³/mol. The maximum absolute atomic E-state index is 14.0. The van der Waals surface area contributed by atoms with Gasteiger partial charge in [0.1, 0.15) is 17.1 Å². The third-order valence-electron chi connectivity index (χ3n) is 7.95. The van der Waals surface area contributed by atoms with Gasteiger partial charge in [-0.15, -0.1) is 0 Å². The van der Waals surface area contributed by atoms with E-state index in [2.05, 4.69) is 42.3 Å². The molecule has 43 heavy (non-hydrogen) atoms. The molecule has 1 aromatic heterocycles. The number of carbonyl (C=O) groups is 1. The van der Waals surface area contributed by atoms with Crippen molar-refractivity contribution < 1.29 is 22.7 Å². The van der Waals surface area contributed by atoms with Crippen molar-refractivity contribution in [3.8, 4) is 5.75 Å². The largest absolute Gasteiger partial charge is 0.494 e. The molecule has 0 atom stereocenters. The van der Waals surface area contributed by atoms with Crippen LogP contribution in [0.1, 0.15) is 18.1 Å². The molecule has 2 aliphatic heterocycles. The number of nitrogens with zero attached hydrogens (tertiary/aromatic N) is 6. The molecule has 0 bridgehead atoms. The van der Waals surface area contributed by atoms with Gasteiger partial charge in [-0.1, -0.05) is 0 Å². The second-order valence-electron chi connectivity index (χ2n) is 10.9. The van der Waals surface area contributed by atoms with Crippen molar-refractivity contribution in [2.24, 2.45) is 0 Å². The van der Waals surface area contributed by atoms with E-state index in [9.17, 15) is 18.0 Å². The second kappa shape index (κ2) is 12.5. The average Bonchev–Trinajstić information content (AvgIpc) is 2.98. The lowest BCUT2D eigenvalue weighted by atomic mass is 10.1. The summed E-state index contributed by atoms with van der Waals surface area (Å²) in [6.45, 7) is 9.71. The third kappa shape index (κ3) is 7.04. The summed E-state index contributed by atoms with van der Waals surface area (Å²) < 4.78 is 47.5. The summed E-state index contributed by atoms with van der Waals surface area (Å²) >= 11 is 0. The van der Waals surface area contributed by atoms with Crippen molar-refractivity contribution in [1.82, 2.24) is 19.8 Å². The highest BCUT2D eigenvalue weighted by molar-refractivity contribution is 5.74. The number of piperazine rings is 2. The number of likely N-dealkylation sites (N-methyl/N-ethyl adjacent to an activating group) is 1. The Balaban J connectivity index is 1.35. The lowest BCUT2D eigenvalue weighted by Crippen LogP contribution is -2.48.